The maximum atomic E-state index is 4.88. The quantitative estimate of drug-likeness (QED) is 0.896. The molecule has 0 aromatic carbocycles. The smallest absolute Gasteiger partial charge is 0.137 e. The molecule has 2 saturated carbocycles. The average Bonchev–Trinajstić information content (AvgIpc) is 3.33. The van der Waals surface area contributed by atoms with Gasteiger partial charge in [0.1, 0.15) is 17.5 Å². The summed E-state index contributed by atoms with van der Waals surface area (Å²) in [6.07, 6.45) is 9.47. The van der Waals surface area contributed by atoms with E-state index in [4.69, 9.17) is 9.97 Å². The SMILES string of the molecule is CNc1nc(C2CC2)nc(N(C)CC2CCCCC2)c1C. The lowest BCUT2D eigenvalue weighted by Gasteiger charge is -2.29. The van der Waals surface area contributed by atoms with Gasteiger partial charge in [0.25, 0.3) is 0 Å². The van der Waals surface area contributed by atoms with Crippen molar-refractivity contribution in [3.8, 4) is 0 Å². The Bertz CT molecular complexity index is 490. The molecule has 1 heterocycles. The topological polar surface area (TPSA) is 41.1 Å². The molecule has 116 valence electrons. The molecule has 1 aromatic rings. The zero-order valence-electron chi connectivity index (χ0n) is 13.7. The Hall–Kier alpha value is -1.32. The van der Waals surface area contributed by atoms with Crippen LogP contribution < -0.4 is 10.2 Å². The molecule has 4 heteroatoms. The van der Waals surface area contributed by atoms with Crippen molar-refractivity contribution in [3.63, 3.8) is 0 Å². The van der Waals surface area contributed by atoms with Crippen LogP contribution in [0.15, 0.2) is 0 Å². The second-order valence-electron chi connectivity index (χ2n) is 6.79. The Balaban J connectivity index is 1.79. The monoisotopic (exact) mass is 288 g/mol. The third-order valence-electron chi connectivity index (χ3n) is 4.94. The molecule has 0 unspecified atom stereocenters. The molecule has 2 fully saturated rings. The zero-order valence-corrected chi connectivity index (χ0v) is 13.7. The van der Waals surface area contributed by atoms with E-state index in [-0.39, 0.29) is 0 Å². The van der Waals surface area contributed by atoms with Crippen molar-refractivity contribution >= 4 is 11.6 Å². The van der Waals surface area contributed by atoms with Crippen molar-refractivity contribution in [1.82, 2.24) is 9.97 Å². The highest BCUT2D eigenvalue weighted by Gasteiger charge is 2.29. The van der Waals surface area contributed by atoms with Gasteiger partial charge >= 0.3 is 0 Å². The molecule has 0 aliphatic heterocycles. The summed E-state index contributed by atoms with van der Waals surface area (Å²) >= 11 is 0. The van der Waals surface area contributed by atoms with Gasteiger partial charge in [-0.2, -0.15) is 0 Å². The summed E-state index contributed by atoms with van der Waals surface area (Å²) in [7, 11) is 4.15. The van der Waals surface area contributed by atoms with E-state index >= 15 is 0 Å². The van der Waals surface area contributed by atoms with E-state index < -0.39 is 0 Å². The van der Waals surface area contributed by atoms with Gasteiger partial charge in [-0.3, -0.25) is 0 Å². The van der Waals surface area contributed by atoms with Crippen molar-refractivity contribution < 1.29 is 0 Å². The van der Waals surface area contributed by atoms with E-state index in [1.54, 1.807) is 0 Å². The second kappa shape index (κ2) is 6.20. The molecule has 0 saturated heterocycles. The molecule has 0 bridgehead atoms. The van der Waals surface area contributed by atoms with Gasteiger partial charge in [-0.25, -0.2) is 9.97 Å². The number of nitrogens with zero attached hydrogens (tertiary/aromatic N) is 3. The minimum absolute atomic E-state index is 0.597. The summed E-state index contributed by atoms with van der Waals surface area (Å²) in [5, 5.41) is 3.24. The first kappa shape index (κ1) is 14.6. The van der Waals surface area contributed by atoms with Crippen LogP contribution in [0.2, 0.25) is 0 Å². The van der Waals surface area contributed by atoms with E-state index in [9.17, 15) is 0 Å². The van der Waals surface area contributed by atoms with Gasteiger partial charge in [0.2, 0.25) is 0 Å². The summed E-state index contributed by atoms with van der Waals surface area (Å²) in [6.45, 7) is 3.26. The summed E-state index contributed by atoms with van der Waals surface area (Å²) in [5.41, 5.74) is 1.18. The van der Waals surface area contributed by atoms with E-state index in [1.807, 2.05) is 7.05 Å². The third-order valence-corrected chi connectivity index (χ3v) is 4.94. The van der Waals surface area contributed by atoms with E-state index in [0.717, 1.165) is 29.9 Å². The maximum absolute atomic E-state index is 4.88. The highest BCUT2D eigenvalue weighted by molar-refractivity contribution is 5.58. The van der Waals surface area contributed by atoms with Gasteiger partial charge in [-0.05, 0) is 38.5 Å². The molecule has 1 aromatic heterocycles. The number of hydrogen-bond donors (Lipinski definition) is 1. The largest absolute Gasteiger partial charge is 0.373 e. The van der Waals surface area contributed by atoms with Crippen molar-refractivity contribution in [1.29, 1.82) is 0 Å². The first-order valence-electron chi connectivity index (χ1n) is 8.46. The Labute approximate surface area is 128 Å². The van der Waals surface area contributed by atoms with Crippen LogP contribution in [0.25, 0.3) is 0 Å². The van der Waals surface area contributed by atoms with E-state index in [0.29, 0.717) is 5.92 Å². The van der Waals surface area contributed by atoms with Gasteiger partial charge in [-0.15, -0.1) is 0 Å². The van der Waals surface area contributed by atoms with Crippen LogP contribution in [0, 0.1) is 12.8 Å². The summed E-state index contributed by atoms with van der Waals surface area (Å²) in [6, 6.07) is 0. The molecule has 1 N–H and O–H groups in total. The fourth-order valence-electron chi connectivity index (χ4n) is 3.50. The van der Waals surface area contributed by atoms with Crippen LogP contribution >= 0.6 is 0 Å². The van der Waals surface area contributed by atoms with Gasteiger partial charge in [0.15, 0.2) is 0 Å². The highest BCUT2D eigenvalue weighted by Crippen LogP contribution is 2.40. The molecule has 0 amide bonds. The Morgan fingerprint density at radius 1 is 1.10 bits per heavy atom. The Morgan fingerprint density at radius 2 is 1.81 bits per heavy atom. The standard InChI is InChI=1S/C17H28N4/c1-12-15(18-2)19-16(14-9-10-14)20-17(12)21(3)11-13-7-5-4-6-8-13/h13-14H,4-11H2,1-3H3,(H,18,19,20). The molecule has 0 radical (unpaired) electrons. The second-order valence-corrected chi connectivity index (χ2v) is 6.79. The fourth-order valence-corrected chi connectivity index (χ4v) is 3.50. The number of anilines is 2. The molecule has 21 heavy (non-hydrogen) atoms. The van der Waals surface area contributed by atoms with Gasteiger partial charge in [0, 0.05) is 32.1 Å². The Kier molecular flexibility index (Phi) is 4.32. The van der Waals surface area contributed by atoms with Crippen molar-refractivity contribution in [2.75, 3.05) is 30.9 Å². The fraction of sp³-hybridized carbons (Fsp3) is 0.765. The predicted octanol–water partition coefficient (Wildman–Crippen LogP) is 3.72. The number of rotatable bonds is 5. The van der Waals surface area contributed by atoms with Crippen LogP contribution in [-0.2, 0) is 0 Å². The van der Waals surface area contributed by atoms with Crippen LogP contribution in [0.3, 0.4) is 0 Å². The first-order chi connectivity index (χ1) is 10.2. The molecule has 4 nitrogen and oxygen atoms in total. The normalized spacial score (nSPS) is 19.6. The molecular weight excluding hydrogens is 260 g/mol. The van der Waals surface area contributed by atoms with E-state index in [1.165, 1.54) is 50.5 Å². The van der Waals surface area contributed by atoms with Gasteiger partial charge in [-0.1, -0.05) is 19.3 Å². The predicted molar refractivity (Wildman–Crippen MR) is 88.1 cm³/mol. The molecule has 3 rings (SSSR count). The van der Waals surface area contributed by atoms with Crippen LogP contribution in [0.5, 0.6) is 0 Å². The van der Waals surface area contributed by atoms with Crippen molar-refractivity contribution in [3.05, 3.63) is 11.4 Å². The lowest BCUT2D eigenvalue weighted by molar-refractivity contribution is 0.361. The lowest BCUT2D eigenvalue weighted by atomic mass is 9.89. The summed E-state index contributed by atoms with van der Waals surface area (Å²) < 4.78 is 0. The lowest BCUT2D eigenvalue weighted by Crippen LogP contribution is -2.28. The molecule has 0 spiro atoms. The van der Waals surface area contributed by atoms with Crippen LogP contribution in [0.1, 0.15) is 62.3 Å². The number of nitrogens with one attached hydrogen (secondary N) is 1. The molecule has 2 aliphatic carbocycles. The van der Waals surface area contributed by atoms with E-state index in [2.05, 4.69) is 24.2 Å². The summed E-state index contributed by atoms with van der Waals surface area (Å²) in [4.78, 5) is 11.9. The summed E-state index contributed by atoms with van der Waals surface area (Å²) in [5.74, 6) is 4.59. The van der Waals surface area contributed by atoms with Gasteiger partial charge in [0.05, 0.1) is 0 Å². The van der Waals surface area contributed by atoms with Crippen molar-refractivity contribution in [2.45, 2.75) is 57.8 Å². The average molecular weight is 288 g/mol. The minimum Gasteiger partial charge on any atom is -0.373 e. The zero-order chi connectivity index (χ0) is 14.8. The van der Waals surface area contributed by atoms with Gasteiger partial charge < -0.3 is 10.2 Å². The van der Waals surface area contributed by atoms with Crippen LogP contribution in [-0.4, -0.2) is 30.6 Å². The minimum atomic E-state index is 0.597. The molecule has 2 aliphatic rings. The van der Waals surface area contributed by atoms with Crippen molar-refractivity contribution in [2.24, 2.45) is 5.92 Å². The number of hydrogen-bond acceptors (Lipinski definition) is 4. The molecule has 0 atom stereocenters. The maximum Gasteiger partial charge on any atom is 0.137 e. The third kappa shape index (κ3) is 3.30. The van der Waals surface area contributed by atoms with Crippen LogP contribution in [0.4, 0.5) is 11.6 Å². The number of aromatic nitrogens is 2. The molecular formula is C17H28N4. The Morgan fingerprint density at radius 3 is 2.43 bits per heavy atom. The first-order valence-corrected chi connectivity index (χ1v) is 8.46. The highest BCUT2D eigenvalue weighted by atomic mass is 15.2.